The number of hydrogen-bond donors (Lipinski definition) is 5. The fraction of sp³-hybridized carbons (Fsp3) is 0.962. The molecule has 0 amide bonds. The summed E-state index contributed by atoms with van der Waals surface area (Å²) in [4.78, 5) is 29.5. The number of unbranched alkanes of at least 4 members (excludes halogenated alkanes) is 3. The van der Waals surface area contributed by atoms with Crippen molar-refractivity contribution in [2.24, 2.45) is 0 Å². The van der Waals surface area contributed by atoms with E-state index >= 15 is 0 Å². The summed E-state index contributed by atoms with van der Waals surface area (Å²) < 4.78 is 37.0. The first-order valence-electron chi connectivity index (χ1n) is 14.3. The highest BCUT2D eigenvalue weighted by atomic mass is 31.2. The van der Waals surface area contributed by atoms with E-state index in [4.69, 9.17) is 28.7 Å². The van der Waals surface area contributed by atoms with Crippen molar-refractivity contribution in [1.29, 1.82) is 0 Å². The predicted molar refractivity (Wildman–Crippen MR) is 151 cm³/mol. The number of rotatable bonds is 30. The van der Waals surface area contributed by atoms with Crippen molar-refractivity contribution in [3.63, 3.8) is 0 Å². The minimum atomic E-state index is -4.43. The summed E-state index contributed by atoms with van der Waals surface area (Å²) >= 11 is 0. The number of hydrogen-bond acceptors (Lipinski definition) is 10. The maximum atomic E-state index is 12.0. The quantitative estimate of drug-likeness (QED) is 0.0446. The van der Waals surface area contributed by atoms with Crippen molar-refractivity contribution in [3.8, 4) is 0 Å². The van der Waals surface area contributed by atoms with Crippen LogP contribution >= 0.6 is 7.82 Å². The standard InChI is InChI=1S/C26H55N2O11P/c1-28(2,14-19-39-40(32,33)34)13-18-36-17-9-11-24(29)10-5-4-6-12-27-20-25(30)22-37-15-7-8-16-38-23-26(31)21-35-3/h25-27,30-31H,4-23H2,1-3H3,(H-,32,33,34)/p+1. The van der Waals surface area contributed by atoms with Gasteiger partial charge in [-0.2, -0.15) is 0 Å². The second kappa shape index (κ2) is 25.0. The number of quaternary nitrogens is 1. The highest BCUT2D eigenvalue weighted by Crippen LogP contribution is 2.35. The van der Waals surface area contributed by atoms with Crippen LogP contribution in [0.25, 0.3) is 0 Å². The minimum absolute atomic E-state index is 0.0268. The topological polar surface area (TPSA) is 173 Å². The number of phosphoric ester groups is 1. The number of nitrogens with one attached hydrogen (secondary N) is 1. The van der Waals surface area contributed by atoms with Crippen LogP contribution in [0.15, 0.2) is 0 Å². The molecule has 40 heavy (non-hydrogen) atoms. The number of methoxy groups -OCH3 is 1. The van der Waals surface area contributed by atoms with Gasteiger partial charge in [-0.3, -0.25) is 9.32 Å². The van der Waals surface area contributed by atoms with Crippen LogP contribution in [-0.4, -0.2) is 143 Å². The Balaban J connectivity index is 3.47. The van der Waals surface area contributed by atoms with Gasteiger partial charge in [-0.1, -0.05) is 6.42 Å². The fourth-order valence-electron chi connectivity index (χ4n) is 3.59. The smallest absolute Gasteiger partial charge is 0.389 e. The third-order valence-corrected chi connectivity index (χ3v) is 6.56. The molecule has 0 bridgehead atoms. The number of carbonyl (C=O) groups is 1. The molecule has 13 nitrogen and oxygen atoms in total. The van der Waals surface area contributed by atoms with Gasteiger partial charge in [-0.15, -0.1) is 0 Å². The molecule has 0 aliphatic rings. The lowest BCUT2D eigenvalue weighted by Gasteiger charge is -2.29. The summed E-state index contributed by atoms with van der Waals surface area (Å²) in [6.07, 6.45) is 4.99. The zero-order valence-electron chi connectivity index (χ0n) is 24.8. The van der Waals surface area contributed by atoms with Gasteiger partial charge in [0.2, 0.25) is 0 Å². The number of aliphatic hydroxyl groups is 2. The Morgan fingerprint density at radius 2 is 1.38 bits per heavy atom. The summed E-state index contributed by atoms with van der Waals surface area (Å²) in [5, 5.41) is 22.7. The number of aliphatic hydroxyl groups excluding tert-OH is 2. The van der Waals surface area contributed by atoms with Crippen molar-refractivity contribution in [3.05, 3.63) is 0 Å². The Kier molecular flexibility index (Phi) is 24.7. The lowest BCUT2D eigenvalue weighted by Crippen LogP contribution is -2.44. The van der Waals surface area contributed by atoms with Gasteiger partial charge in [0.05, 0.1) is 46.6 Å². The second-order valence-corrected chi connectivity index (χ2v) is 11.8. The Bertz CT molecular complexity index is 652. The molecule has 0 saturated carbocycles. The molecule has 0 heterocycles. The van der Waals surface area contributed by atoms with Gasteiger partial charge in [0.15, 0.2) is 0 Å². The van der Waals surface area contributed by atoms with Gasteiger partial charge in [0, 0.05) is 46.3 Å². The van der Waals surface area contributed by atoms with E-state index in [0.717, 1.165) is 38.6 Å². The number of ketones is 1. The monoisotopic (exact) mass is 603 g/mol. The summed E-state index contributed by atoms with van der Waals surface area (Å²) in [5.74, 6) is 0.241. The molecule has 0 spiro atoms. The zero-order valence-corrected chi connectivity index (χ0v) is 25.7. The van der Waals surface area contributed by atoms with Crippen molar-refractivity contribution < 1.29 is 57.3 Å². The van der Waals surface area contributed by atoms with Crippen LogP contribution in [0.1, 0.15) is 51.4 Å². The predicted octanol–water partition coefficient (Wildman–Crippen LogP) is 0.870. The van der Waals surface area contributed by atoms with Crippen LogP contribution in [-0.2, 0) is 32.8 Å². The van der Waals surface area contributed by atoms with Crippen molar-refractivity contribution in [1.82, 2.24) is 5.32 Å². The molecule has 5 N–H and O–H groups in total. The number of carbonyl (C=O) groups excluding carboxylic acids is 1. The van der Waals surface area contributed by atoms with E-state index in [0.29, 0.717) is 69.8 Å². The Morgan fingerprint density at radius 1 is 0.775 bits per heavy atom. The maximum absolute atomic E-state index is 12.0. The van der Waals surface area contributed by atoms with Crippen LogP contribution in [0.4, 0.5) is 0 Å². The SMILES string of the molecule is COCC(O)COCCCCOCC(O)CNCCCCCC(=O)CCCOCC[N+](C)(C)CCOP(=O)(O)O. The lowest BCUT2D eigenvalue weighted by molar-refractivity contribution is -0.890. The molecular formula is C26H56N2O11P+. The largest absolute Gasteiger partial charge is 0.469 e. The molecule has 0 fully saturated rings. The molecule has 0 aliphatic heterocycles. The van der Waals surface area contributed by atoms with E-state index < -0.39 is 20.0 Å². The molecule has 0 saturated heterocycles. The van der Waals surface area contributed by atoms with Crippen LogP contribution in [0, 0.1) is 0 Å². The first-order chi connectivity index (χ1) is 18.9. The van der Waals surface area contributed by atoms with E-state index in [9.17, 15) is 19.6 Å². The average Bonchev–Trinajstić information content (AvgIpc) is 2.86. The van der Waals surface area contributed by atoms with Crippen LogP contribution in [0.3, 0.4) is 0 Å². The summed E-state index contributed by atoms with van der Waals surface area (Å²) in [6, 6.07) is 0. The van der Waals surface area contributed by atoms with Crippen molar-refractivity contribution >= 4 is 13.6 Å². The van der Waals surface area contributed by atoms with Crippen LogP contribution in [0.5, 0.6) is 0 Å². The molecule has 0 aromatic rings. The molecule has 0 aromatic carbocycles. The molecule has 240 valence electrons. The van der Waals surface area contributed by atoms with Gasteiger partial charge >= 0.3 is 7.82 Å². The normalized spacial score (nSPS) is 14.0. The van der Waals surface area contributed by atoms with Crippen LogP contribution in [0.2, 0.25) is 0 Å². The second-order valence-electron chi connectivity index (χ2n) is 10.6. The molecule has 0 rings (SSSR count). The first-order valence-corrected chi connectivity index (χ1v) is 15.8. The molecule has 0 aliphatic carbocycles. The fourth-order valence-corrected chi connectivity index (χ4v) is 3.91. The average molecular weight is 604 g/mol. The first kappa shape index (κ1) is 39.5. The molecule has 14 heteroatoms. The van der Waals surface area contributed by atoms with E-state index in [1.54, 1.807) is 0 Å². The van der Waals surface area contributed by atoms with Crippen molar-refractivity contribution in [2.45, 2.75) is 63.6 Å². The number of likely N-dealkylation sites (N-methyl/N-ethyl adjacent to an activating group) is 1. The highest BCUT2D eigenvalue weighted by Gasteiger charge is 2.19. The van der Waals surface area contributed by atoms with E-state index in [1.807, 2.05) is 14.1 Å². The molecule has 0 aromatic heterocycles. The van der Waals surface area contributed by atoms with E-state index in [1.165, 1.54) is 7.11 Å². The number of Topliss-reactive ketones (excluding diaryl/α,β-unsaturated/α-hetero) is 1. The Morgan fingerprint density at radius 3 is 2.02 bits per heavy atom. The number of ether oxygens (including phenoxy) is 4. The van der Waals surface area contributed by atoms with Gasteiger partial charge in [-0.25, -0.2) is 4.57 Å². The van der Waals surface area contributed by atoms with Gasteiger partial charge < -0.3 is 48.7 Å². The molecular weight excluding hydrogens is 547 g/mol. The molecule has 2 unspecified atom stereocenters. The lowest BCUT2D eigenvalue weighted by atomic mass is 10.1. The zero-order chi connectivity index (χ0) is 30.1. The minimum Gasteiger partial charge on any atom is -0.389 e. The highest BCUT2D eigenvalue weighted by molar-refractivity contribution is 7.46. The summed E-state index contributed by atoms with van der Waals surface area (Å²) in [7, 11) is 0.972. The third kappa shape index (κ3) is 29.0. The van der Waals surface area contributed by atoms with Crippen molar-refractivity contribution in [2.75, 3.05) is 100 Å². The molecule has 2 atom stereocenters. The Hall–Kier alpha value is -0.540. The van der Waals surface area contributed by atoms with E-state index in [2.05, 4.69) is 9.84 Å². The van der Waals surface area contributed by atoms with Gasteiger partial charge in [-0.05, 0) is 38.6 Å². The Labute approximate surface area is 240 Å². The molecule has 0 radical (unpaired) electrons. The maximum Gasteiger partial charge on any atom is 0.469 e. The number of phosphoric acid groups is 1. The summed E-state index contributed by atoms with van der Waals surface area (Å²) in [6.45, 7) is 5.29. The summed E-state index contributed by atoms with van der Waals surface area (Å²) in [5.41, 5.74) is 0. The van der Waals surface area contributed by atoms with Crippen LogP contribution < -0.4 is 5.32 Å². The third-order valence-electron chi connectivity index (χ3n) is 6.04. The van der Waals surface area contributed by atoms with E-state index in [-0.39, 0.29) is 32.2 Å². The van der Waals surface area contributed by atoms with Gasteiger partial charge in [0.1, 0.15) is 31.6 Å². The van der Waals surface area contributed by atoms with Gasteiger partial charge in [0.25, 0.3) is 0 Å². The number of nitrogens with zero attached hydrogens (tertiary/aromatic N) is 1.